The average molecular weight is 289 g/mol. The molecule has 4 N–H and O–H groups in total. The first kappa shape index (κ1) is 16.7. The van der Waals surface area contributed by atoms with Crippen LogP contribution in [0.15, 0.2) is 0 Å². The Balaban J connectivity index is 2.41. The van der Waals surface area contributed by atoms with Crippen LogP contribution in [0.1, 0.15) is 13.8 Å². The van der Waals surface area contributed by atoms with Gasteiger partial charge in [0.1, 0.15) is 0 Å². The van der Waals surface area contributed by atoms with Crippen LogP contribution in [0.2, 0.25) is 0 Å². The number of hydrogen-bond acceptors (Lipinski definition) is 5. The van der Waals surface area contributed by atoms with E-state index in [1.807, 2.05) is 4.90 Å². The third-order valence-electron chi connectivity index (χ3n) is 3.05. The maximum absolute atomic E-state index is 11.8. The topological polar surface area (TPSA) is 113 Å². The minimum atomic E-state index is -1.28. The summed E-state index contributed by atoms with van der Waals surface area (Å²) >= 11 is 0. The van der Waals surface area contributed by atoms with Crippen LogP contribution >= 0.6 is 0 Å². The largest absolute Gasteiger partial charge is 0.480 e. The van der Waals surface area contributed by atoms with Gasteiger partial charge in [0.15, 0.2) is 6.04 Å². The normalized spacial score (nSPS) is 18.7. The van der Waals surface area contributed by atoms with Crippen LogP contribution in [-0.4, -0.2) is 88.1 Å². The molecule has 1 aliphatic rings. The van der Waals surface area contributed by atoms with Crippen molar-refractivity contribution in [2.45, 2.75) is 25.5 Å². The first-order valence-electron chi connectivity index (χ1n) is 6.57. The Morgan fingerprint density at radius 1 is 1.25 bits per heavy atom. The maximum Gasteiger partial charge on any atom is 0.328 e. The summed E-state index contributed by atoms with van der Waals surface area (Å²) in [7, 11) is 0. The van der Waals surface area contributed by atoms with Crippen molar-refractivity contribution in [3.05, 3.63) is 0 Å². The van der Waals surface area contributed by atoms with E-state index in [4.69, 9.17) is 10.2 Å². The molecule has 8 nitrogen and oxygen atoms in total. The molecule has 0 saturated carbocycles. The van der Waals surface area contributed by atoms with E-state index in [1.54, 1.807) is 13.8 Å². The van der Waals surface area contributed by atoms with Crippen molar-refractivity contribution >= 4 is 12.0 Å². The van der Waals surface area contributed by atoms with Gasteiger partial charge in [-0.25, -0.2) is 9.59 Å². The molecule has 0 aromatic heterocycles. The van der Waals surface area contributed by atoms with Gasteiger partial charge in [0, 0.05) is 32.7 Å². The second kappa shape index (κ2) is 6.87. The molecule has 0 bridgehead atoms. The Morgan fingerprint density at radius 2 is 1.80 bits per heavy atom. The third kappa shape index (κ3) is 5.32. The molecule has 116 valence electrons. The number of hydrogen-bond donors (Lipinski definition) is 4. The first-order chi connectivity index (χ1) is 9.23. The summed E-state index contributed by atoms with van der Waals surface area (Å²) in [6.45, 7) is 5.49. The van der Waals surface area contributed by atoms with Crippen LogP contribution in [0.4, 0.5) is 4.79 Å². The summed E-state index contributed by atoms with van der Waals surface area (Å²) in [6, 6.07) is -1.77. The molecule has 20 heavy (non-hydrogen) atoms. The number of aliphatic hydroxyl groups is 2. The van der Waals surface area contributed by atoms with Gasteiger partial charge in [-0.2, -0.15) is 0 Å². The van der Waals surface area contributed by atoms with E-state index >= 15 is 0 Å². The van der Waals surface area contributed by atoms with E-state index in [0.29, 0.717) is 32.7 Å². The van der Waals surface area contributed by atoms with Crippen molar-refractivity contribution in [1.29, 1.82) is 0 Å². The van der Waals surface area contributed by atoms with E-state index in [1.165, 1.54) is 4.90 Å². The molecule has 1 rings (SSSR count). The lowest BCUT2D eigenvalue weighted by atomic mass is 10.1. The molecule has 0 aromatic rings. The number of carboxylic acid groups (broad SMARTS) is 1. The van der Waals surface area contributed by atoms with Crippen molar-refractivity contribution < 1.29 is 24.9 Å². The van der Waals surface area contributed by atoms with Crippen molar-refractivity contribution in [2.24, 2.45) is 0 Å². The van der Waals surface area contributed by atoms with Gasteiger partial charge in [-0.05, 0) is 13.8 Å². The number of aliphatic carboxylic acids is 1. The predicted octanol–water partition coefficient (Wildman–Crippen LogP) is -1.47. The number of carbonyl (C=O) groups is 2. The van der Waals surface area contributed by atoms with Gasteiger partial charge >= 0.3 is 12.0 Å². The monoisotopic (exact) mass is 289 g/mol. The zero-order valence-electron chi connectivity index (χ0n) is 11.9. The zero-order chi connectivity index (χ0) is 15.3. The number of nitrogens with one attached hydrogen (secondary N) is 1. The fourth-order valence-corrected chi connectivity index (χ4v) is 2.08. The molecular weight excluding hydrogens is 266 g/mol. The summed E-state index contributed by atoms with van der Waals surface area (Å²) in [5.41, 5.74) is -0.782. The first-order valence-corrected chi connectivity index (χ1v) is 6.57. The quantitative estimate of drug-likeness (QED) is 0.491. The highest BCUT2D eigenvalue weighted by Gasteiger charge is 2.27. The van der Waals surface area contributed by atoms with Crippen molar-refractivity contribution in [3.8, 4) is 0 Å². The number of β-amino-alcohol motifs (C(OH)–C–C–N with tert-alkyl or cyclic N) is 1. The summed E-state index contributed by atoms with van der Waals surface area (Å²) in [4.78, 5) is 26.1. The molecule has 0 spiro atoms. The van der Waals surface area contributed by atoms with Gasteiger partial charge in [-0.15, -0.1) is 0 Å². The number of amides is 2. The van der Waals surface area contributed by atoms with Crippen LogP contribution in [0, 0.1) is 0 Å². The standard InChI is InChI=1S/C12H23N3O5/c1-12(2,20)8-14-3-5-15(6-4-14)11(19)13-9(7-16)10(17)18/h9,16,20H,3-8H2,1-2H3,(H,13,19)(H,17,18)/t9-/m1/s1. The minimum absolute atomic E-state index is 0.458. The number of carboxylic acids is 1. The molecule has 1 heterocycles. The summed E-state index contributed by atoms with van der Waals surface area (Å²) in [5.74, 6) is -1.26. The van der Waals surface area contributed by atoms with Gasteiger partial charge in [0.25, 0.3) is 0 Å². The highest BCUT2D eigenvalue weighted by atomic mass is 16.4. The second-order valence-corrected chi connectivity index (χ2v) is 5.60. The van der Waals surface area contributed by atoms with Crippen LogP contribution in [0.3, 0.4) is 0 Å². The van der Waals surface area contributed by atoms with Gasteiger partial charge in [0.2, 0.25) is 0 Å². The Bertz CT molecular complexity index is 347. The van der Waals surface area contributed by atoms with E-state index < -0.39 is 30.3 Å². The number of rotatable bonds is 5. The fourth-order valence-electron chi connectivity index (χ4n) is 2.08. The molecule has 0 aromatic carbocycles. The van der Waals surface area contributed by atoms with E-state index in [0.717, 1.165) is 0 Å². The van der Waals surface area contributed by atoms with Gasteiger partial charge in [-0.1, -0.05) is 0 Å². The Kier molecular flexibility index (Phi) is 5.73. The Hall–Kier alpha value is -1.38. The fraction of sp³-hybridized carbons (Fsp3) is 0.833. The van der Waals surface area contributed by atoms with Gasteiger partial charge in [-0.3, -0.25) is 4.90 Å². The van der Waals surface area contributed by atoms with Gasteiger partial charge in [0.05, 0.1) is 12.2 Å². The Labute approximate surface area is 118 Å². The molecule has 1 aliphatic heterocycles. The number of piperazine rings is 1. The second-order valence-electron chi connectivity index (χ2n) is 5.60. The highest BCUT2D eigenvalue weighted by Crippen LogP contribution is 2.08. The van der Waals surface area contributed by atoms with Crippen LogP contribution in [0.25, 0.3) is 0 Å². The van der Waals surface area contributed by atoms with Crippen LogP contribution < -0.4 is 5.32 Å². The maximum atomic E-state index is 11.8. The van der Waals surface area contributed by atoms with Gasteiger partial charge < -0.3 is 25.5 Å². The van der Waals surface area contributed by atoms with E-state index in [2.05, 4.69) is 5.32 Å². The molecule has 1 atom stereocenters. The van der Waals surface area contributed by atoms with Crippen molar-refractivity contribution in [1.82, 2.24) is 15.1 Å². The lowest BCUT2D eigenvalue weighted by Gasteiger charge is -2.37. The highest BCUT2D eigenvalue weighted by molar-refractivity contribution is 5.82. The molecule has 8 heteroatoms. The third-order valence-corrected chi connectivity index (χ3v) is 3.05. The molecule has 0 radical (unpaired) electrons. The molecular formula is C12H23N3O5. The SMILES string of the molecule is CC(C)(O)CN1CCN(C(=O)N[C@H](CO)C(=O)O)CC1. The minimum Gasteiger partial charge on any atom is -0.480 e. The number of carbonyl (C=O) groups excluding carboxylic acids is 1. The van der Waals surface area contributed by atoms with Crippen LogP contribution in [-0.2, 0) is 4.79 Å². The molecule has 0 aliphatic carbocycles. The lowest BCUT2D eigenvalue weighted by Crippen LogP contribution is -2.56. The van der Waals surface area contributed by atoms with E-state index in [9.17, 15) is 14.7 Å². The number of urea groups is 1. The summed E-state index contributed by atoms with van der Waals surface area (Å²) in [6.07, 6.45) is 0. The number of nitrogens with zero attached hydrogens (tertiary/aromatic N) is 2. The summed E-state index contributed by atoms with van der Waals surface area (Å²) < 4.78 is 0. The number of aliphatic hydroxyl groups excluding tert-OH is 1. The summed E-state index contributed by atoms with van der Waals surface area (Å²) in [5, 5.41) is 29.6. The molecule has 0 unspecified atom stereocenters. The molecule has 1 fully saturated rings. The molecule has 2 amide bonds. The van der Waals surface area contributed by atoms with Crippen LogP contribution in [0.5, 0.6) is 0 Å². The van der Waals surface area contributed by atoms with Crippen molar-refractivity contribution in [3.63, 3.8) is 0 Å². The predicted molar refractivity (Wildman–Crippen MR) is 71.4 cm³/mol. The van der Waals surface area contributed by atoms with Crippen molar-refractivity contribution in [2.75, 3.05) is 39.3 Å². The van der Waals surface area contributed by atoms with E-state index in [-0.39, 0.29) is 0 Å². The average Bonchev–Trinajstić information content (AvgIpc) is 2.34. The smallest absolute Gasteiger partial charge is 0.328 e. The lowest BCUT2D eigenvalue weighted by molar-refractivity contribution is -0.140. The molecule has 1 saturated heterocycles. The Morgan fingerprint density at radius 3 is 2.20 bits per heavy atom. The zero-order valence-corrected chi connectivity index (χ0v) is 11.9.